The summed E-state index contributed by atoms with van der Waals surface area (Å²) in [5.74, 6) is 0. The molecule has 1 aliphatic rings. The van der Waals surface area contributed by atoms with Crippen molar-refractivity contribution in [1.82, 2.24) is 10.4 Å². The minimum atomic E-state index is -0.313. The van der Waals surface area contributed by atoms with E-state index in [0.29, 0.717) is 19.7 Å². The van der Waals surface area contributed by atoms with Gasteiger partial charge in [0.1, 0.15) is 6.61 Å². The van der Waals surface area contributed by atoms with Crippen LogP contribution in [-0.4, -0.2) is 36.7 Å². The van der Waals surface area contributed by atoms with Crippen LogP contribution in [0.5, 0.6) is 0 Å². The highest BCUT2D eigenvalue weighted by Gasteiger charge is 2.23. The number of amides is 1. The Morgan fingerprint density at radius 1 is 1.45 bits per heavy atom. The molecule has 1 heterocycles. The second-order valence-electron chi connectivity index (χ2n) is 5.26. The first-order valence-corrected chi connectivity index (χ1v) is 7.30. The van der Waals surface area contributed by atoms with Crippen LogP contribution >= 0.6 is 0 Å². The van der Waals surface area contributed by atoms with Gasteiger partial charge in [-0.2, -0.15) is 5.48 Å². The van der Waals surface area contributed by atoms with Crippen molar-refractivity contribution in [2.24, 2.45) is 0 Å². The van der Waals surface area contributed by atoms with E-state index in [2.05, 4.69) is 18.1 Å². The van der Waals surface area contributed by atoms with Crippen molar-refractivity contribution in [3.05, 3.63) is 60.2 Å². The lowest BCUT2D eigenvalue weighted by atomic mass is 10.1. The molecule has 0 saturated carbocycles. The van der Waals surface area contributed by atoms with Gasteiger partial charge in [-0.25, -0.2) is 4.79 Å². The SMILES string of the molecule is C=CCONC1C=C(C)CN(C(=O)OCc2ccccc2)C1. The highest BCUT2D eigenvalue weighted by molar-refractivity contribution is 5.68. The molecule has 0 fully saturated rings. The van der Waals surface area contributed by atoms with E-state index in [9.17, 15) is 4.79 Å². The fourth-order valence-corrected chi connectivity index (χ4v) is 2.29. The first-order chi connectivity index (χ1) is 10.7. The van der Waals surface area contributed by atoms with Gasteiger partial charge < -0.3 is 9.64 Å². The monoisotopic (exact) mass is 302 g/mol. The highest BCUT2D eigenvalue weighted by Crippen LogP contribution is 2.12. The number of hydroxylamine groups is 1. The third-order valence-electron chi connectivity index (χ3n) is 3.24. The maximum absolute atomic E-state index is 12.2. The van der Waals surface area contributed by atoms with Gasteiger partial charge in [-0.1, -0.05) is 48.1 Å². The van der Waals surface area contributed by atoms with E-state index in [1.165, 1.54) is 0 Å². The second kappa shape index (κ2) is 8.36. The largest absolute Gasteiger partial charge is 0.445 e. The molecule has 1 aliphatic heterocycles. The first-order valence-electron chi connectivity index (χ1n) is 7.30. The van der Waals surface area contributed by atoms with E-state index in [1.54, 1.807) is 11.0 Å². The van der Waals surface area contributed by atoms with Crippen LogP contribution in [0.3, 0.4) is 0 Å². The number of benzene rings is 1. The molecule has 2 rings (SSSR count). The van der Waals surface area contributed by atoms with Crippen LogP contribution in [0.4, 0.5) is 4.79 Å². The Bertz CT molecular complexity index is 528. The fraction of sp³-hybridized carbons (Fsp3) is 0.353. The summed E-state index contributed by atoms with van der Waals surface area (Å²) < 4.78 is 5.36. The summed E-state index contributed by atoms with van der Waals surface area (Å²) in [6, 6.07) is 9.60. The van der Waals surface area contributed by atoms with Crippen LogP contribution in [0.2, 0.25) is 0 Å². The Morgan fingerprint density at radius 3 is 2.95 bits per heavy atom. The van der Waals surface area contributed by atoms with Crippen molar-refractivity contribution in [1.29, 1.82) is 0 Å². The molecule has 118 valence electrons. The van der Waals surface area contributed by atoms with Gasteiger partial charge in [-0.3, -0.25) is 4.84 Å². The van der Waals surface area contributed by atoms with Crippen LogP contribution < -0.4 is 5.48 Å². The minimum Gasteiger partial charge on any atom is -0.445 e. The standard InChI is InChI=1S/C17H22N2O3/c1-3-9-22-18-16-10-14(2)11-19(12-16)17(20)21-13-15-7-5-4-6-8-15/h3-8,10,16,18H,1,9,11-13H2,2H3. The molecule has 5 heteroatoms. The molecule has 5 nitrogen and oxygen atoms in total. The van der Waals surface area contributed by atoms with Crippen LogP contribution in [0, 0.1) is 0 Å². The zero-order chi connectivity index (χ0) is 15.8. The fourth-order valence-electron chi connectivity index (χ4n) is 2.29. The number of carbonyl (C=O) groups excluding carboxylic acids is 1. The average molecular weight is 302 g/mol. The van der Waals surface area contributed by atoms with E-state index < -0.39 is 0 Å². The lowest BCUT2D eigenvalue weighted by Crippen LogP contribution is -2.46. The topological polar surface area (TPSA) is 50.8 Å². The maximum atomic E-state index is 12.2. The lowest BCUT2D eigenvalue weighted by Gasteiger charge is -2.30. The Balaban J connectivity index is 1.84. The smallest absolute Gasteiger partial charge is 0.410 e. The summed E-state index contributed by atoms with van der Waals surface area (Å²) in [6.07, 6.45) is 3.41. The van der Waals surface area contributed by atoms with E-state index >= 15 is 0 Å². The van der Waals surface area contributed by atoms with Gasteiger partial charge in [0.25, 0.3) is 0 Å². The van der Waals surface area contributed by atoms with Gasteiger partial charge in [0.05, 0.1) is 12.6 Å². The molecule has 0 radical (unpaired) electrons. The Hall–Kier alpha value is -2.11. The predicted octanol–water partition coefficient (Wildman–Crippen LogP) is 2.66. The van der Waals surface area contributed by atoms with E-state index in [-0.39, 0.29) is 18.7 Å². The molecular weight excluding hydrogens is 280 g/mol. The van der Waals surface area contributed by atoms with Crippen molar-refractivity contribution in [3.8, 4) is 0 Å². The summed E-state index contributed by atoms with van der Waals surface area (Å²) >= 11 is 0. The van der Waals surface area contributed by atoms with Crippen molar-refractivity contribution in [2.75, 3.05) is 19.7 Å². The zero-order valence-corrected chi connectivity index (χ0v) is 12.8. The zero-order valence-electron chi connectivity index (χ0n) is 12.8. The molecule has 0 aliphatic carbocycles. The number of hydrogen-bond acceptors (Lipinski definition) is 4. The molecular formula is C17H22N2O3. The summed E-state index contributed by atoms with van der Waals surface area (Å²) in [5.41, 5.74) is 4.99. The Morgan fingerprint density at radius 2 is 2.23 bits per heavy atom. The third-order valence-corrected chi connectivity index (χ3v) is 3.24. The number of ether oxygens (including phenoxy) is 1. The quantitative estimate of drug-likeness (QED) is 0.499. The molecule has 1 aromatic carbocycles. The Labute approximate surface area is 131 Å². The molecule has 22 heavy (non-hydrogen) atoms. The van der Waals surface area contributed by atoms with E-state index in [0.717, 1.165) is 11.1 Å². The third kappa shape index (κ3) is 5.02. The molecule has 1 aromatic rings. The highest BCUT2D eigenvalue weighted by atomic mass is 16.6. The predicted molar refractivity (Wildman–Crippen MR) is 85.0 cm³/mol. The van der Waals surface area contributed by atoms with Crippen LogP contribution in [0.1, 0.15) is 12.5 Å². The number of nitrogens with one attached hydrogen (secondary N) is 1. The lowest BCUT2D eigenvalue weighted by molar-refractivity contribution is 0.0311. The van der Waals surface area contributed by atoms with Gasteiger partial charge >= 0.3 is 6.09 Å². The number of rotatable bonds is 6. The van der Waals surface area contributed by atoms with Crippen molar-refractivity contribution in [3.63, 3.8) is 0 Å². The molecule has 0 saturated heterocycles. The maximum Gasteiger partial charge on any atom is 0.410 e. The van der Waals surface area contributed by atoms with Crippen molar-refractivity contribution in [2.45, 2.75) is 19.6 Å². The van der Waals surface area contributed by atoms with Crippen LogP contribution in [-0.2, 0) is 16.2 Å². The number of hydrogen-bond donors (Lipinski definition) is 1. The van der Waals surface area contributed by atoms with Crippen LogP contribution in [0.15, 0.2) is 54.6 Å². The normalized spacial score (nSPS) is 17.8. The van der Waals surface area contributed by atoms with E-state index in [1.807, 2.05) is 37.3 Å². The average Bonchev–Trinajstić information content (AvgIpc) is 2.53. The van der Waals surface area contributed by atoms with Crippen LogP contribution in [0.25, 0.3) is 0 Å². The molecule has 1 amide bonds. The second-order valence-corrected chi connectivity index (χ2v) is 5.26. The summed E-state index contributed by atoms with van der Waals surface area (Å²) in [4.78, 5) is 19.1. The first kappa shape index (κ1) is 16.3. The molecule has 1 N–H and O–H groups in total. The molecule has 0 spiro atoms. The van der Waals surface area contributed by atoms with Crippen molar-refractivity contribution >= 4 is 6.09 Å². The summed E-state index contributed by atoms with van der Waals surface area (Å²) in [6.45, 7) is 7.37. The van der Waals surface area contributed by atoms with Crippen molar-refractivity contribution < 1.29 is 14.4 Å². The Kier molecular flexibility index (Phi) is 6.18. The number of carbonyl (C=O) groups is 1. The summed E-state index contributed by atoms with van der Waals surface area (Å²) in [7, 11) is 0. The van der Waals surface area contributed by atoms with Gasteiger partial charge in [0, 0.05) is 13.1 Å². The molecule has 0 bridgehead atoms. The van der Waals surface area contributed by atoms with Gasteiger partial charge in [0.15, 0.2) is 0 Å². The summed E-state index contributed by atoms with van der Waals surface area (Å²) in [5, 5.41) is 0. The minimum absolute atomic E-state index is 0.0435. The molecule has 0 aromatic heterocycles. The van der Waals surface area contributed by atoms with Gasteiger partial charge in [0.2, 0.25) is 0 Å². The van der Waals surface area contributed by atoms with Gasteiger partial charge in [-0.05, 0) is 12.5 Å². The molecule has 1 atom stereocenters. The van der Waals surface area contributed by atoms with Gasteiger partial charge in [-0.15, -0.1) is 6.58 Å². The van der Waals surface area contributed by atoms with E-state index in [4.69, 9.17) is 9.57 Å². The molecule has 1 unspecified atom stereocenters. The number of nitrogens with zero attached hydrogens (tertiary/aromatic N) is 1.